The summed E-state index contributed by atoms with van der Waals surface area (Å²) < 4.78 is 0. The van der Waals surface area contributed by atoms with Gasteiger partial charge in [0, 0.05) is 5.57 Å². The summed E-state index contributed by atoms with van der Waals surface area (Å²) in [6, 6.07) is 10.7. The summed E-state index contributed by atoms with van der Waals surface area (Å²) in [6.45, 7) is 6.40. The molecule has 1 nitrogen and oxygen atoms in total. The van der Waals surface area contributed by atoms with Crippen molar-refractivity contribution in [1.29, 1.82) is 0 Å². The van der Waals surface area contributed by atoms with E-state index in [2.05, 4.69) is 55.9 Å². The van der Waals surface area contributed by atoms with Gasteiger partial charge in [0.25, 0.3) is 0 Å². The minimum atomic E-state index is 0.371. The fraction of sp³-hybridized carbons (Fsp3) is 0.429. The van der Waals surface area contributed by atoms with Gasteiger partial charge in [-0.05, 0) is 31.2 Å². The molecule has 0 fully saturated rings. The molecule has 0 heterocycles. The van der Waals surface area contributed by atoms with Crippen LogP contribution in [0.25, 0.3) is 5.57 Å². The molecule has 0 saturated carbocycles. The molecule has 0 spiro atoms. The Kier molecular flexibility index (Phi) is 4.86. The van der Waals surface area contributed by atoms with Gasteiger partial charge in [-0.25, -0.2) is 4.99 Å². The van der Waals surface area contributed by atoms with Gasteiger partial charge in [-0.2, -0.15) is 0 Å². The highest BCUT2D eigenvalue weighted by molar-refractivity contribution is 5.89. The zero-order chi connectivity index (χ0) is 11.1. The number of hydrogen-bond acceptors (Lipinski definition) is 1. The quantitative estimate of drug-likeness (QED) is 0.654. The molecule has 0 amide bonds. The van der Waals surface area contributed by atoms with Gasteiger partial charge < -0.3 is 0 Å². The smallest absolute Gasteiger partial charge is 0.0563 e. The molecule has 1 heteroatoms. The van der Waals surface area contributed by atoms with Crippen molar-refractivity contribution >= 4 is 11.4 Å². The van der Waals surface area contributed by atoms with Gasteiger partial charge >= 0.3 is 0 Å². The first-order valence-electron chi connectivity index (χ1n) is 5.65. The average molecular weight is 201 g/mol. The van der Waals surface area contributed by atoms with Crippen LogP contribution in [0.5, 0.6) is 0 Å². The molecule has 0 aliphatic heterocycles. The topological polar surface area (TPSA) is 12.4 Å². The molecule has 15 heavy (non-hydrogen) atoms. The van der Waals surface area contributed by atoms with Gasteiger partial charge in [-0.15, -0.1) is 0 Å². The number of allylic oxidation sites excluding steroid dienone is 1. The fourth-order valence-corrected chi connectivity index (χ4v) is 1.27. The van der Waals surface area contributed by atoms with Gasteiger partial charge in [0.1, 0.15) is 0 Å². The third-order valence-electron chi connectivity index (χ3n) is 2.49. The van der Waals surface area contributed by atoms with Crippen LogP contribution in [0.1, 0.15) is 39.2 Å². The molecule has 1 rings (SSSR count). The molecule has 0 saturated heterocycles. The fourth-order valence-electron chi connectivity index (χ4n) is 1.27. The largest absolute Gasteiger partial charge is 0.240 e. The molecular weight excluding hydrogens is 182 g/mol. The molecular formula is C14H19N. The molecule has 1 aromatic carbocycles. The highest BCUT2D eigenvalue weighted by Gasteiger charge is 1.97. The zero-order valence-electron chi connectivity index (χ0n) is 9.83. The van der Waals surface area contributed by atoms with E-state index in [1.54, 1.807) is 0 Å². The number of nitrogens with zero attached hydrogens (tertiary/aromatic N) is 1. The molecule has 0 radical (unpaired) electrons. The highest BCUT2D eigenvalue weighted by atomic mass is 14.7. The molecule has 0 aromatic heterocycles. The van der Waals surface area contributed by atoms with Crippen molar-refractivity contribution in [1.82, 2.24) is 0 Å². The minimum Gasteiger partial charge on any atom is -0.240 e. The maximum absolute atomic E-state index is 4.40. The molecule has 0 N–H and O–H groups in total. The van der Waals surface area contributed by atoms with Gasteiger partial charge in [0.15, 0.2) is 0 Å². The van der Waals surface area contributed by atoms with Gasteiger partial charge in [-0.3, -0.25) is 0 Å². The summed E-state index contributed by atoms with van der Waals surface area (Å²) in [7, 11) is 0. The Morgan fingerprint density at radius 2 is 1.93 bits per heavy atom. The second-order valence-corrected chi connectivity index (χ2v) is 3.70. The van der Waals surface area contributed by atoms with Gasteiger partial charge in [-0.1, -0.05) is 44.2 Å². The van der Waals surface area contributed by atoms with E-state index >= 15 is 0 Å². The van der Waals surface area contributed by atoms with E-state index in [1.165, 1.54) is 11.1 Å². The van der Waals surface area contributed by atoms with Crippen molar-refractivity contribution in [3.63, 3.8) is 0 Å². The summed E-state index contributed by atoms with van der Waals surface area (Å²) >= 11 is 0. The van der Waals surface area contributed by atoms with Crippen molar-refractivity contribution in [2.75, 3.05) is 0 Å². The number of rotatable bonds is 4. The lowest BCUT2D eigenvalue weighted by molar-refractivity contribution is 0.721. The van der Waals surface area contributed by atoms with E-state index < -0.39 is 0 Å². The molecule has 0 unspecified atom stereocenters. The maximum atomic E-state index is 4.40. The third-order valence-corrected chi connectivity index (χ3v) is 2.49. The van der Waals surface area contributed by atoms with Gasteiger partial charge in [0.2, 0.25) is 0 Å². The average Bonchev–Trinajstić information content (AvgIpc) is 2.31. The number of aliphatic imine (C=N–C) groups is 1. The second kappa shape index (κ2) is 6.21. The number of benzene rings is 1. The summed E-state index contributed by atoms with van der Waals surface area (Å²) in [6.07, 6.45) is 2.04. The Balaban J connectivity index is 2.94. The lowest BCUT2D eigenvalue weighted by atomic mass is 10.1. The maximum Gasteiger partial charge on any atom is 0.0563 e. The molecule has 0 aliphatic carbocycles. The number of hydrogen-bond donors (Lipinski definition) is 0. The highest BCUT2D eigenvalue weighted by Crippen LogP contribution is 2.14. The van der Waals surface area contributed by atoms with Crippen LogP contribution in [0.15, 0.2) is 35.3 Å². The van der Waals surface area contributed by atoms with E-state index in [0.29, 0.717) is 6.04 Å². The summed E-state index contributed by atoms with van der Waals surface area (Å²) in [4.78, 5) is 4.40. The Morgan fingerprint density at radius 1 is 1.27 bits per heavy atom. The van der Waals surface area contributed by atoms with Crippen LogP contribution in [-0.2, 0) is 0 Å². The predicted octanol–water partition coefficient (Wildman–Crippen LogP) is 3.95. The summed E-state index contributed by atoms with van der Waals surface area (Å²) in [5.74, 6) is 3.18. The zero-order valence-corrected chi connectivity index (χ0v) is 9.83. The van der Waals surface area contributed by atoms with Gasteiger partial charge in [0.05, 0.1) is 6.04 Å². The second-order valence-electron chi connectivity index (χ2n) is 3.70. The van der Waals surface area contributed by atoms with Crippen LogP contribution in [0.4, 0.5) is 0 Å². The van der Waals surface area contributed by atoms with Crippen molar-refractivity contribution in [3.8, 4) is 0 Å². The molecule has 80 valence electrons. The summed E-state index contributed by atoms with van der Waals surface area (Å²) in [5, 5.41) is 0. The Bertz CT molecular complexity index is 345. The van der Waals surface area contributed by atoms with E-state index in [9.17, 15) is 0 Å². The Hall–Kier alpha value is -1.33. The first kappa shape index (κ1) is 11.7. The SMILES string of the molecule is CCC(=C=N[C@H](C)CC)c1ccccc1. The standard InChI is InChI=1S/C14H19N/c1-4-12(3)15-11-13(5-2)14-9-7-6-8-10-14/h6-10,12H,4-5H2,1-3H3/t12-/m1/s1. The molecule has 1 aromatic rings. The van der Waals surface area contributed by atoms with Crippen LogP contribution in [-0.4, -0.2) is 11.9 Å². The lowest BCUT2D eigenvalue weighted by Crippen LogP contribution is -1.93. The van der Waals surface area contributed by atoms with Crippen LogP contribution < -0.4 is 0 Å². The van der Waals surface area contributed by atoms with Crippen molar-refractivity contribution < 1.29 is 0 Å². The Labute approximate surface area is 92.6 Å². The summed E-state index contributed by atoms with van der Waals surface area (Å²) in [5.41, 5.74) is 2.42. The van der Waals surface area contributed by atoms with E-state index in [0.717, 1.165) is 12.8 Å². The first-order valence-corrected chi connectivity index (χ1v) is 5.65. The van der Waals surface area contributed by atoms with E-state index in [-0.39, 0.29) is 0 Å². The van der Waals surface area contributed by atoms with Crippen LogP contribution >= 0.6 is 0 Å². The van der Waals surface area contributed by atoms with Crippen molar-refractivity contribution in [2.45, 2.75) is 39.7 Å². The third kappa shape index (κ3) is 3.73. The van der Waals surface area contributed by atoms with Crippen LogP contribution in [0.2, 0.25) is 0 Å². The van der Waals surface area contributed by atoms with Crippen LogP contribution in [0, 0.1) is 0 Å². The Morgan fingerprint density at radius 3 is 2.47 bits per heavy atom. The minimum absolute atomic E-state index is 0.371. The molecule has 0 aliphatic rings. The van der Waals surface area contributed by atoms with Crippen molar-refractivity contribution in [2.24, 2.45) is 4.99 Å². The van der Waals surface area contributed by atoms with E-state index in [1.807, 2.05) is 6.07 Å². The normalized spacial score (nSPS) is 11.7. The van der Waals surface area contributed by atoms with Crippen LogP contribution in [0.3, 0.4) is 0 Å². The first-order chi connectivity index (χ1) is 7.27. The van der Waals surface area contributed by atoms with Crippen molar-refractivity contribution in [3.05, 3.63) is 35.9 Å². The molecule has 1 atom stereocenters. The lowest BCUT2D eigenvalue weighted by Gasteiger charge is -2.01. The monoisotopic (exact) mass is 201 g/mol. The predicted molar refractivity (Wildman–Crippen MR) is 67.3 cm³/mol. The molecule has 0 bridgehead atoms. The van der Waals surface area contributed by atoms with E-state index in [4.69, 9.17) is 0 Å².